The van der Waals surface area contributed by atoms with Crippen molar-refractivity contribution in [1.29, 1.82) is 0 Å². The molecule has 0 N–H and O–H groups in total. The van der Waals surface area contributed by atoms with Crippen molar-refractivity contribution < 1.29 is 8.78 Å². The van der Waals surface area contributed by atoms with Gasteiger partial charge >= 0.3 is 0 Å². The molecule has 4 rings (SSSR count). The lowest BCUT2D eigenvalue weighted by Crippen LogP contribution is -2.24. The Labute approximate surface area is 172 Å². The van der Waals surface area contributed by atoms with E-state index in [9.17, 15) is 13.6 Å². The Kier molecular flexibility index (Phi) is 6.09. The lowest BCUT2D eigenvalue weighted by Gasteiger charge is -2.16. The zero-order valence-electron chi connectivity index (χ0n) is 16.0. The van der Waals surface area contributed by atoms with Crippen molar-refractivity contribution in [3.05, 3.63) is 81.7 Å². The molecule has 0 amide bonds. The molecule has 1 aliphatic rings. The van der Waals surface area contributed by atoms with Crippen LogP contribution in [0.5, 0.6) is 0 Å². The fourth-order valence-electron chi connectivity index (χ4n) is 3.65. The van der Waals surface area contributed by atoms with Crippen LogP contribution >= 0.6 is 11.8 Å². The summed E-state index contributed by atoms with van der Waals surface area (Å²) in [6.07, 6.45) is 7.63. The van der Waals surface area contributed by atoms with Gasteiger partial charge in [0.05, 0.1) is 10.9 Å². The number of aromatic nitrogens is 2. The maximum Gasteiger partial charge on any atom is 0.262 e. The highest BCUT2D eigenvalue weighted by Crippen LogP contribution is 2.26. The summed E-state index contributed by atoms with van der Waals surface area (Å²) in [4.78, 5) is 17.7. The quantitative estimate of drug-likeness (QED) is 0.289. The van der Waals surface area contributed by atoms with Gasteiger partial charge in [-0.3, -0.25) is 9.36 Å². The van der Waals surface area contributed by atoms with E-state index in [4.69, 9.17) is 0 Å². The fourth-order valence-corrected chi connectivity index (χ4v) is 4.69. The summed E-state index contributed by atoms with van der Waals surface area (Å²) in [7, 11) is 0. The summed E-state index contributed by atoms with van der Waals surface area (Å²) in [6, 6.07) is 11.0. The van der Waals surface area contributed by atoms with Gasteiger partial charge in [-0.2, -0.15) is 0 Å². The average molecular weight is 413 g/mol. The summed E-state index contributed by atoms with van der Waals surface area (Å²) < 4.78 is 29.7. The third kappa shape index (κ3) is 4.42. The molecule has 0 saturated heterocycles. The van der Waals surface area contributed by atoms with Gasteiger partial charge in [-0.15, -0.1) is 0 Å². The van der Waals surface area contributed by atoms with Gasteiger partial charge in [0, 0.05) is 17.9 Å². The molecule has 2 aromatic carbocycles. The van der Waals surface area contributed by atoms with Crippen molar-refractivity contribution in [3.8, 4) is 0 Å². The maximum atomic E-state index is 14.0. The number of hydrogen-bond acceptors (Lipinski definition) is 3. The van der Waals surface area contributed by atoms with Gasteiger partial charge in [0.1, 0.15) is 11.6 Å². The number of thioether (sulfide) groups is 1. The number of fused-ring (bicyclic) bond motifs is 1. The second-order valence-corrected chi connectivity index (χ2v) is 8.16. The molecule has 29 heavy (non-hydrogen) atoms. The van der Waals surface area contributed by atoms with Crippen LogP contribution in [-0.4, -0.2) is 9.55 Å². The number of halogens is 2. The molecular formula is C23H22F2N2OS. The molecule has 0 spiro atoms. The van der Waals surface area contributed by atoms with Crippen molar-refractivity contribution in [1.82, 2.24) is 9.55 Å². The topological polar surface area (TPSA) is 34.9 Å². The molecule has 0 atom stereocenters. The molecule has 1 aliphatic carbocycles. The summed E-state index contributed by atoms with van der Waals surface area (Å²) >= 11 is 1.20. The van der Waals surface area contributed by atoms with Gasteiger partial charge in [0.15, 0.2) is 5.16 Å². The van der Waals surface area contributed by atoms with E-state index in [0.717, 1.165) is 19.3 Å². The van der Waals surface area contributed by atoms with E-state index >= 15 is 0 Å². The Morgan fingerprint density at radius 2 is 1.83 bits per heavy atom. The number of benzene rings is 2. The molecule has 3 aromatic rings. The van der Waals surface area contributed by atoms with E-state index < -0.39 is 11.6 Å². The highest BCUT2D eigenvalue weighted by atomic mass is 32.2. The smallest absolute Gasteiger partial charge is 0.262 e. The number of hydrogen-bond donors (Lipinski definition) is 0. The Morgan fingerprint density at radius 1 is 1.03 bits per heavy atom. The minimum atomic E-state index is -0.584. The predicted octanol–water partition coefficient (Wildman–Crippen LogP) is 5.86. The van der Waals surface area contributed by atoms with Crippen molar-refractivity contribution in [2.24, 2.45) is 0 Å². The molecule has 0 aliphatic heterocycles. The van der Waals surface area contributed by atoms with E-state index in [1.54, 1.807) is 16.7 Å². The van der Waals surface area contributed by atoms with Crippen LogP contribution in [0, 0.1) is 11.6 Å². The monoisotopic (exact) mass is 412 g/mol. The Bertz CT molecular complexity index is 1100. The first-order valence-electron chi connectivity index (χ1n) is 9.86. The molecule has 150 valence electrons. The summed E-state index contributed by atoms with van der Waals surface area (Å²) in [5.74, 6) is -1.09. The van der Waals surface area contributed by atoms with Gasteiger partial charge in [0.25, 0.3) is 5.56 Å². The van der Waals surface area contributed by atoms with Crippen LogP contribution in [0.3, 0.4) is 0 Å². The van der Waals surface area contributed by atoms with Gasteiger partial charge < -0.3 is 0 Å². The van der Waals surface area contributed by atoms with Gasteiger partial charge in [-0.05, 0) is 56.4 Å². The Hall–Kier alpha value is -2.47. The van der Waals surface area contributed by atoms with Crippen molar-refractivity contribution in [2.75, 3.05) is 0 Å². The lowest BCUT2D eigenvalue weighted by molar-refractivity contribution is 0.562. The zero-order valence-corrected chi connectivity index (χ0v) is 16.9. The first kappa shape index (κ1) is 19.8. The van der Waals surface area contributed by atoms with Crippen LogP contribution < -0.4 is 5.56 Å². The largest absolute Gasteiger partial charge is 0.287 e. The van der Waals surface area contributed by atoms with Crippen molar-refractivity contribution >= 4 is 22.7 Å². The Balaban J connectivity index is 1.67. The van der Waals surface area contributed by atoms with Crippen molar-refractivity contribution in [2.45, 2.75) is 49.6 Å². The minimum Gasteiger partial charge on any atom is -0.287 e. The molecule has 1 aromatic heterocycles. The second-order valence-electron chi connectivity index (χ2n) is 7.22. The third-order valence-corrected chi connectivity index (χ3v) is 6.28. The lowest BCUT2D eigenvalue weighted by atomic mass is 9.97. The van der Waals surface area contributed by atoms with Crippen molar-refractivity contribution in [3.63, 3.8) is 0 Å². The molecule has 0 fully saturated rings. The first-order chi connectivity index (χ1) is 14.1. The average Bonchev–Trinajstić information content (AvgIpc) is 2.74. The van der Waals surface area contributed by atoms with Crippen LogP contribution in [-0.2, 0) is 12.3 Å². The molecule has 3 nitrogen and oxygen atoms in total. The van der Waals surface area contributed by atoms with Gasteiger partial charge in [-0.25, -0.2) is 13.8 Å². The number of rotatable bonds is 6. The highest BCUT2D eigenvalue weighted by molar-refractivity contribution is 7.98. The third-order valence-electron chi connectivity index (χ3n) is 5.28. The molecular weight excluding hydrogens is 390 g/mol. The summed E-state index contributed by atoms with van der Waals surface area (Å²) in [5.41, 5.74) is 1.86. The standard InChI is InChI=1S/C23H22F2N2OS/c24-19-10-6-11-20(25)18(19)15-29-23-26-21-12-5-4-9-17(21)22(28)27(23)14-13-16-7-2-1-3-8-16/h4-7,9-12H,1-3,8,13-15H2. The number of allylic oxidation sites excluding steroid dienone is 2. The molecule has 0 bridgehead atoms. The van der Waals surface area contributed by atoms with E-state index in [1.807, 2.05) is 12.1 Å². The molecule has 0 unspecified atom stereocenters. The van der Waals surface area contributed by atoms with Crippen LogP contribution in [0.15, 0.2) is 64.1 Å². The number of nitrogens with zero attached hydrogens (tertiary/aromatic N) is 2. The minimum absolute atomic E-state index is 0.00134. The molecule has 6 heteroatoms. The molecule has 1 heterocycles. The van der Waals surface area contributed by atoms with Gasteiger partial charge in [0.2, 0.25) is 0 Å². The first-order valence-corrected chi connectivity index (χ1v) is 10.9. The van der Waals surface area contributed by atoms with E-state index in [0.29, 0.717) is 22.6 Å². The maximum absolute atomic E-state index is 14.0. The predicted molar refractivity (Wildman–Crippen MR) is 113 cm³/mol. The molecule has 0 saturated carbocycles. The summed E-state index contributed by atoms with van der Waals surface area (Å²) in [5, 5.41) is 1.05. The highest BCUT2D eigenvalue weighted by Gasteiger charge is 2.15. The van der Waals surface area contributed by atoms with E-state index in [-0.39, 0.29) is 16.9 Å². The SMILES string of the molecule is O=c1c2ccccc2nc(SCc2c(F)cccc2F)n1CCC1=CCCCC1. The normalized spacial score (nSPS) is 14.2. The van der Waals surface area contributed by atoms with Crippen LogP contribution in [0.1, 0.15) is 37.7 Å². The van der Waals surface area contributed by atoms with Crippen LogP contribution in [0.25, 0.3) is 10.9 Å². The number of para-hydroxylation sites is 1. The fraction of sp³-hybridized carbons (Fsp3) is 0.304. The zero-order chi connectivity index (χ0) is 20.2. The van der Waals surface area contributed by atoms with Gasteiger partial charge in [-0.1, -0.05) is 41.6 Å². The van der Waals surface area contributed by atoms with Crippen LogP contribution in [0.2, 0.25) is 0 Å². The van der Waals surface area contributed by atoms with E-state index in [1.165, 1.54) is 48.4 Å². The van der Waals surface area contributed by atoms with Crippen LogP contribution in [0.4, 0.5) is 8.78 Å². The van der Waals surface area contributed by atoms with E-state index in [2.05, 4.69) is 11.1 Å². The summed E-state index contributed by atoms with van der Waals surface area (Å²) in [6.45, 7) is 0.518. The Morgan fingerprint density at radius 3 is 2.59 bits per heavy atom. The second kappa shape index (κ2) is 8.91. The molecule has 0 radical (unpaired) electrons.